The Morgan fingerprint density at radius 1 is 1.07 bits per heavy atom. The van der Waals surface area contributed by atoms with E-state index in [-0.39, 0.29) is 24.0 Å². The molecule has 0 aliphatic heterocycles. The Kier molecular flexibility index (Phi) is 5.71. The standard InChI is InChI=1S/C19H16F3N3O4/c1-28-15-7-11-14(8-16(15)29-2)23-9-25(19(11)27)4-3-17(26)24-10-5-12(20)18(22)13(21)6-10/h5-9H,3-4H2,1-2H3,(H,24,26). The molecule has 10 heteroatoms. The van der Waals surface area contributed by atoms with Gasteiger partial charge in [0.1, 0.15) is 0 Å². The van der Waals surface area contributed by atoms with Crippen LogP contribution in [0.3, 0.4) is 0 Å². The second-order valence-corrected chi connectivity index (χ2v) is 6.02. The number of halogens is 3. The van der Waals surface area contributed by atoms with Gasteiger partial charge in [-0.1, -0.05) is 0 Å². The van der Waals surface area contributed by atoms with Crippen LogP contribution in [0.1, 0.15) is 6.42 Å². The molecule has 1 aromatic heterocycles. The van der Waals surface area contributed by atoms with Crippen LogP contribution in [-0.2, 0) is 11.3 Å². The zero-order valence-electron chi connectivity index (χ0n) is 15.5. The maximum absolute atomic E-state index is 13.2. The van der Waals surface area contributed by atoms with E-state index >= 15 is 0 Å². The third-order valence-electron chi connectivity index (χ3n) is 4.18. The van der Waals surface area contributed by atoms with Crippen molar-refractivity contribution in [2.75, 3.05) is 19.5 Å². The number of amides is 1. The highest BCUT2D eigenvalue weighted by Crippen LogP contribution is 2.29. The van der Waals surface area contributed by atoms with Crippen LogP contribution in [0.5, 0.6) is 11.5 Å². The molecule has 1 amide bonds. The normalized spacial score (nSPS) is 10.8. The molecule has 1 heterocycles. The molecule has 0 radical (unpaired) electrons. The highest BCUT2D eigenvalue weighted by Gasteiger charge is 2.14. The number of hydrogen-bond donors (Lipinski definition) is 1. The SMILES string of the molecule is COc1cc2ncn(CCC(=O)Nc3cc(F)c(F)c(F)c3)c(=O)c2cc1OC. The number of nitrogens with one attached hydrogen (secondary N) is 1. The highest BCUT2D eigenvalue weighted by atomic mass is 19.2. The van der Waals surface area contributed by atoms with Crippen molar-refractivity contribution in [3.63, 3.8) is 0 Å². The summed E-state index contributed by atoms with van der Waals surface area (Å²) < 4.78 is 51.0. The van der Waals surface area contributed by atoms with Crippen LogP contribution >= 0.6 is 0 Å². The van der Waals surface area contributed by atoms with Crippen LogP contribution in [-0.4, -0.2) is 29.7 Å². The summed E-state index contributed by atoms with van der Waals surface area (Å²) in [5, 5.41) is 2.52. The van der Waals surface area contributed by atoms with E-state index in [1.54, 1.807) is 6.07 Å². The van der Waals surface area contributed by atoms with Crippen LogP contribution < -0.4 is 20.3 Å². The fourth-order valence-corrected chi connectivity index (χ4v) is 2.72. The van der Waals surface area contributed by atoms with Gasteiger partial charge in [0.25, 0.3) is 5.56 Å². The van der Waals surface area contributed by atoms with Crippen LogP contribution in [0.25, 0.3) is 10.9 Å². The Bertz CT molecular complexity index is 1120. The summed E-state index contributed by atoms with van der Waals surface area (Å²) in [6.07, 6.45) is 1.10. The smallest absolute Gasteiger partial charge is 0.261 e. The van der Waals surface area contributed by atoms with Gasteiger partial charge in [0.2, 0.25) is 5.91 Å². The second kappa shape index (κ2) is 8.21. The summed E-state index contributed by atoms with van der Waals surface area (Å²) in [6, 6.07) is 4.38. The Morgan fingerprint density at radius 3 is 2.31 bits per heavy atom. The molecular formula is C19H16F3N3O4. The maximum Gasteiger partial charge on any atom is 0.261 e. The van der Waals surface area contributed by atoms with Crippen molar-refractivity contribution in [1.82, 2.24) is 9.55 Å². The summed E-state index contributed by atoms with van der Waals surface area (Å²) in [7, 11) is 2.90. The van der Waals surface area contributed by atoms with Gasteiger partial charge in [0.05, 0.1) is 31.4 Å². The van der Waals surface area contributed by atoms with Crippen LogP contribution in [0.2, 0.25) is 0 Å². The molecule has 0 bridgehead atoms. The van der Waals surface area contributed by atoms with Crippen molar-refractivity contribution in [2.24, 2.45) is 0 Å². The largest absolute Gasteiger partial charge is 0.493 e. The first kappa shape index (κ1) is 20.2. The molecule has 2 aromatic carbocycles. The fourth-order valence-electron chi connectivity index (χ4n) is 2.72. The van der Waals surface area contributed by atoms with Crippen LogP contribution in [0, 0.1) is 17.5 Å². The van der Waals surface area contributed by atoms with Crippen LogP contribution in [0.4, 0.5) is 18.9 Å². The van der Waals surface area contributed by atoms with Gasteiger partial charge in [0.15, 0.2) is 29.0 Å². The van der Waals surface area contributed by atoms with Crippen molar-refractivity contribution in [1.29, 1.82) is 0 Å². The Labute approximate surface area is 162 Å². The molecule has 0 aliphatic rings. The van der Waals surface area contributed by atoms with Gasteiger partial charge < -0.3 is 14.8 Å². The Morgan fingerprint density at radius 2 is 1.69 bits per heavy atom. The Hall–Kier alpha value is -3.56. The lowest BCUT2D eigenvalue weighted by Gasteiger charge is -2.11. The van der Waals surface area contributed by atoms with Gasteiger partial charge >= 0.3 is 0 Å². The number of fused-ring (bicyclic) bond motifs is 1. The summed E-state index contributed by atoms with van der Waals surface area (Å²) >= 11 is 0. The number of hydrogen-bond acceptors (Lipinski definition) is 5. The second-order valence-electron chi connectivity index (χ2n) is 6.02. The number of ether oxygens (including phenoxy) is 2. The average molecular weight is 407 g/mol. The van der Waals surface area contributed by atoms with Crippen molar-refractivity contribution in [2.45, 2.75) is 13.0 Å². The number of benzene rings is 2. The molecule has 7 nitrogen and oxygen atoms in total. The molecule has 152 valence electrons. The minimum atomic E-state index is -1.62. The fraction of sp³-hybridized carbons (Fsp3) is 0.211. The van der Waals surface area contributed by atoms with Crippen molar-refractivity contribution >= 4 is 22.5 Å². The lowest BCUT2D eigenvalue weighted by molar-refractivity contribution is -0.116. The van der Waals surface area contributed by atoms with E-state index < -0.39 is 28.9 Å². The first-order valence-electron chi connectivity index (χ1n) is 8.39. The van der Waals surface area contributed by atoms with E-state index in [2.05, 4.69) is 10.3 Å². The average Bonchev–Trinajstić information content (AvgIpc) is 2.70. The minimum absolute atomic E-state index is 0.0336. The molecule has 0 saturated carbocycles. The summed E-state index contributed by atoms with van der Waals surface area (Å²) in [6.45, 7) is -0.0336. The van der Waals surface area contributed by atoms with E-state index in [4.69, 9.17) is 9.47 Å². The van der Waals surface area contributed by atoms with Crippen molar-refractivity contribution < 1.29 is 27.4 Å². The van der Waals surface area contributed by atoms with E-state index in [0.717, 1.165) is 0 Å². The number of aromatic nitrogens is 2. The Balaban J connectivity index is 1.77. The first-order valence-corrected chi connectivity index (χ1v) is 8.39. The zero-order chi connectivity index (χ0) is 21.1. The molecule has 0 fully saturated rings. The van der Waals surface area contributed by atoms with Gasteiger partial charge in [-0.3, -0.25) is 14.2 Å². The molecule has 1 N–H and O–H groups in total. The minimum Gasteiger partial charge on any atom is -0.493 e. The number of carbonyl (C=O) groups is 1. The monoisotopic (exact) mass is 407 g/mol. The van der Waals surface area contributed by atoms with Crippen molar-refractivity contribution in [3.05, 3.63) is 58.4 Å². The van der Waals surface area contributed by atoms with E-state index in [1.807, 2.05) is 0 Å². The molecule has 0 unspecified atom stereocenters. The quantitative estimate of drug-likeness (QED) is 0.636. The first-order chi connectivity index (χ1) is 13.8. The summed E-state index contributed by atoms with van der Waals surface area (Å²) in [4.78, 5) is 28.9. The lowest BCUT2D eigenvalue weighted by atomic mass is 10.2. The zero-order valence-corrected chi connectivity index (χ0v) is 15.5. The van der Waals surface area contributed by atoms with Gasteiger partial charge in [-0.25, -0.2) is 18.2 Å². The number of nitrogens with zero attached hydrogens (tertiary/aromatic N) is 2. The van der Waals surface area contributed by atoms with Gasteiger partial charge in [0, 0.05) is 36.9 Å². The number of methoxy groups -OCH3 is 2. The third-order valence-corrected chi connectivity index (χ3v) is 4.18. The molecule has 0 saturated heterocycles. The molecule has 0 atom stereocenters. The van der Waals surface area contributed by atoms with Crippen molar-refractivity contribution in [3.8, 4) is 11.5 Å². The summed E-state index contributed by atoms with van der Waals surface area (Å²) in [5.41, 5.74) is -0.236. The molecular weight excluding hydrogens is 391 g/mol. The number of rotatable bonds is 6. The molecule has 0 aliphatic carbocycles. The van der Waals surface area contributed by atoms with Crippen LogP contribution in [0.15, 0.2) is 35.4 Å². The van der Waals surface area contributed by atoms with Gasteiger partial charge in [-0.05, 0) is 6.07 Å². The number of anilines is 1. The molecule has 29 heavy (non-hydrogen) atoms. The van der Waals surface area contributed by atoms with Gasteiger partial charge in [-0.2, -0.15) is 0 Å². The van der Waals surface area contributed by atoms with E-state index in [9.17, 15) is 22.8 Å². The number of aryl methyl sites for hydroxylation is 1. The number of carbonyl (C=O) groups excluding carboxylic acids is 1. The predicted octanol–water partition coefficient (Wildman–Crippen LogP) is 2.86. The highest BCUT2D eigenvalue weighted by molar-refractivity contribution is 5.90. The topological polar surface area (TPSA) is 82.5 Å². The van der Waals surface area contributed by atoms with E-state index in [0.29, 0.717) is 29.1 Å². The summed E-state index contributed by atoms with van der Waals surface area (Å²) in [5.74, 6) is -4.30. The molecule has 3 aromatic rings. The lowest BCUT2D eigenvalue weighted by Crippen LogP contribution is -2.23. The molecule has 0 spiro atoms. The molecule has 3 rings (SSSR count). The van der Waals surface area contributed by atoms with Gasteiger partial charge in [-0.15, -0.1) is 0 Å². The third kappa shape index (κ3) is 4.15. The van der Waals surface area contributed by atoms with E-state index in [1.165, 1.54) is 31.2 Å². The maximum atomic E-state index is 13.2. The predicted molar refractivity (Wildman–Crippen MR) is 98.7 cm³/mol.